The third-order valence-corrected chi connectivity index (χ3v) is 4.34. The molecule has 1 aliphatic carbocycles. The average molecular weight is 254 g/mol. The van der Waals surface area contributed by atoms with Crippen molar-refractivity contribution in [2.75, 3.05) is 19.8 Å². The summed E-state index contributed by atoms with van der Waals surface area (Å²) >= 11 is 0. The minimum Gasteiger partial charge on any atom is -0.379 e. The van der Waals surface area contributed by atoms with Crippen LogP contribution in [0.3, 0.4) is 0 Å². The van der Waals surface area contributed by atoms with Crippen molar-refractivity contribution in [2.45, 2.75) is 64.6 Å². The molecule has 2 rings (SSSR count). The maximum atomic E-state index is 5.52. The maximum absolute atomic E-state index is 5.52. The standard InChI is InChI=1S/C15H30N2O/c1-11-6-12(2)8-14(7-11)17-13(3)9-15-10-18-5-4-16-15/h11-17H,4-10H2,1-3H3. The molecule has 0 bridgehead atoms. The van der Waals surface area contributed by atoms with Crippen LogP contribution in [0.25, 0.3) is 0 Å². The summed E-state index contributed by atoms with van der Waals surface area (Å²) in [7, 11) is 0. The maximum Gasteiger partial charge on any atom is 0.0620 e. The van der Waals surface area contributed by atoms with Crippen molar-refractivity contribution < 1.29 is 4.74 Å². The molecule has 2 fully saturated rings. The van der Waals surface area contributed by atoms with Crippen molar-refractivity contribution in [3.8, 4) is 0 Å². The van der Waals surface area contributed by atoms with Gasteiger partial charge in [-0.05, 0) is 44.4 Å². The van der Waals surface area contributed by atoms with Gasteiger partial charge in [-0.25, -0.2) is 0 Å². The van der Waals surface area contributed by atoms with Crippen molar-refractivity contribution in [1.29, 1.82) is 0 Å². The van der Waals surface area contributed by atoms with E-state index in [4.69, 9.17) is 4.74 Å². The van der Waals surface area contributed by atoms with Gasteiger partial charge >= 0.3 is 0 Å². The lowest BCUT2D eigenvalue weighted by molar-refractivity contribution is 0.0700. The van der Waals surface area contributed by atoms with Crippen LogP contribution in [0.5, 0.6) is 0 Å². The number of hydrogen-bond donors (Lipinski definition) is 2. The second kappa shape index (κ2) is 6.88. The molecule has 0 amide bonds. The van der Waals surface area contributed by atoms with Crippen molar-refractivity contribution in [3.63, 3.8) is 0 Å². The number of hydrogen-bond acceptors (Lipinski definition) is 3. The largest absolute Gasteiger partial charge is 0.379 e. The van der Waals surface area contributed by atoms with Crippen LogP contribution in [0.4, 0.5) is 0 Å². The van der Waals surface area contributed by atoms with Gasteiger partial charge in [0.1, 0.15) is 0 Å². The summed E-state index contributed by atoms with van der Waals surface area (Å²) < 4.78 is 5.52. The highest BCUT2D eigenvalue weighted by atomic mass is 16.5. The first-order valence-corrected chi connectivity index (χ1v) is 7.70. The van der Waals surface area contributed by atoms with Crippen molar-refractivity contribution in [3.05, 3.63) is 0 Å². The molecular formula is C15H30N2O. The highest BCUT2D eigenvalue weighted by molar-refractivity contribution is 4.83. The summed E-state index contributed by atoms with van der Waals surface area (Å²) in [6, 6.07) is 1.86. The first-order chi connectivity index (χ1) is 8.63. The van der Waals surface area contributed by atoms with Gasteiger partial charge in [0.15, 0.2) is 0 Å². The summed E-state index contributed by atoms with van der Waals surface area (Å²) in [5.74, 6) is 1.77. The van der Waals surface area contributed by atoms with E-state index >= 15 is 0 Å². The molecule has 0 aromatic rings. The van der Waals surface area contributed by atoms with E-state index in [0.29, 0.717) is 12.1 Å². The molecule has 2 aliphatic rings. The fraction of sp³-hybridized carbons (Fsp3) is 1.00. The Morgan fingerprint density at radius 2 is 1.94 bits per heavy atom. The Hall–Kier alpha value is -0.120. The zero-order chi connectivity index (χ0) is 13.0. The second-order valence-corrected chi connectivity index (χ2v) is 6.64. The minimum atomic E-state index is 0.541. The fourth-order valence-electron chi connectivity index (χ4n) is 3.75. The second-order valence-electron chi connectivity index (χ2n) is 6.64. The van der Waals surface area contributed by atoms with E-state index in [-0.39, 0.29) is 0 Å². The zero-order valence-corrected chi connectivity index (χ0v) is 12.2. The van der Waals surface area contributed by atoms with Crippen LogP contribution in [0, 0.1) is 11.8 Å². The molecule has 3 nitrogen and oxygen atoms in total. The highest BCUT2D eigenvalue weighted by Crippen LogP contribution is 2.28. The smallest absolute Gasteiger partial charge is 0.0620 e. The Morgan fingerprint density at radius 3 is 2.56 bits per heavy atom. The monoisotopic (exact) mass is 254 g/mol. The highest BCUT2D eigenvalue weighted by Gasteiger charge is 2.25. The molecule has 0 spiro atoms. The van der Waals surface area contributed by atoms with Crippen LogP contribution in [0.15, 0.2) is 0 Å². The lowest BCUT2D eigenvalue weighted by Crippen LogP contribution is -2.47. The molecule has 0 aromatic carbocycles. The molecule has 1 saturated carbocycles. The van der Waals surface area contributed by atoms with Gasteiger partial charge in [0.2, 0.25) is 0 Å². The van der Waals surface area contributed by atoms with Gasteiger partial charge in [0.25, 0.3) is 0 Å². The summed E-state index contributed by atoms with van der Waals surface area (Å²) in [6.07, 6.45) is 5.29. The Labute approximate surface area is 112 Å². The molecule has 3 heteroatoms. The van der Waals surface area contributed by atoms with Crippen molar-refractivity contribution in [2.24, 2.45) is 11.8 Å². The predicted molar refractivity (Wildman–Crippen MR) is 75.8 cm³/mol. The van der Waals surface area contributed by atoms with E-state index in [1.165, 1.54) is 25.7 Å². The molecule has 1 heterocycles. The van der Waals surface area contributed by atoms with Crippen LogP contribution in [0.2, 0.25) is 0 Å². The molecule has 1 aliphatic heterocycles. The molecule has 2 N–H and O–H groups in total. The van der Waals surface area contributed by atoms with Crippen LogP contribution in [0.1, 0.15) is 46.5 Å². The van der Waals surface area contributed by atoms with Gasteiger partial charge in [-0.2, -0.15) is 0 Å². The van der Waals surface area contributed by atoms with E-state index in [1.54, 1.807) is 0 Å². The van der Waals surface area contributed by atoms with Gasteiger partial charge in [-0.3, -0.25) is 0 Å². The van der Waals surface area contributed by atoms with Gasteiger partial charge < -0.3 is 15.4 Å². The lowest BCUT2D eigenvalue weighted by atomic mass is 9.80. The Morgan fingerprint density at radius 1 is 1.22 bits per heavy atom. The van der Waals surface area contributed by atoms with Crippen LogP contribution in [-0.2, 0) is 4.74 Å². The minimum absolute atomic E-state index is 0.541. The summed E-state index contributed by atoms with van der Waals surface area (Å²) in [4.78, 5) is 0. The molecular weight excluding hydrogens is 224 g/mol. The van der Waals surface area contributed by atoms with E-state index < -0.39 is 0 Å². The molecule has 106 valence electrons. The SMILES string of the molecule is CC1CC(C)CC(NC(C)CC2COCCN2)C1. The summed E-state index contributed by atoms with van der Waals surface area (Å²) in [6.45, 7) is 9.87. The zero-order valence-electron chi connectivity index (χ0n) is 12.2. The van der Waals surface area contributed by atoms with Crippen molar-refractivity contribution >= 4 is 0 Å². The average Bonchev–Trinajstić information content (AvgIpc) is 2.28. The summed E-state index contributed by atoms with van der Waals surface area (Å²) in [5.41, 5.74) is 0. The van der Waals surface area contributed by atoms with Crippen LogP contribution in [-0.4, -0.2) is 37.9 Å². The predicted octanol–water partition coefficient (Wildman–Crippen LogP) is 2.17. The molecule has 18 heavy (non-hydrogen) atoms. The molecule has 1 saturated heterocycles. The number of morpholine rings is 1. The summed E-state index contributed by atoms with van der Waals surface area (Å²) in [5, 5.41) is 7.37. The van der Waals surface area contributed by atoms with Crippen molar-refractivity contribution in [1.82, 2.24) is 10.6 Å². The van der Waals surface area contributed by atoms with Gasteiger partial charge in [0, 0.05) is 24.7 Å². The van der Waals surface area contributed by atoms with Gasteiger partial charge in [0.05, 0.1) is 13.2 Å². The van der Waals surface area contributed by atoms with E-state index in [0.717, 1.165) is 37.6 Å². The quantitative estimate of drug-likeness (QED) is 0.806. The third kappa shape index (κ3) is 4.52. The van der Waals surface area contributed by atoms with E-state index in [2.05, 4.69) is 31.4 Å². The third-order valence-electron chi connectivity index (χ3n) is 4.34. The Bertz CT molecular complexity index is 231. The van der Waals surface area contributed by atoms with Crippen LogP contribution < -0.4 is 10.6 Å². The van der Waals surface area contributed by atoms with Gasteiger partial charge in [-0.1, -0.05) is 13.8 Å². The first kappa shape index (κ1) is 14.3. The number of nitrogens with one attached hydrogen (secondary N) is 2. The fourth-order valence-corrected chi connectivity index (χ4v) is 3.75. The molecule has 4 unspecified atom stereocenters. The number of rotatable bonds is 4. The topological polar surface area (TPSA) is 33.3 Å². The Kier molecular flexibility index (Phi) is 5.46. The first-order valence-electron chi connectivity index (χ1n) is 7.70. The van der Waals surface area contributed by atoms with E-state index in [1.807, 2.05) is 0 Å². The normalized spacial score (nSPS) is 39.5. The lowest BCUT2D eigenvalue weighted by Gasteiger charge is -2.35. The van der Waals surface area contributed by atoms with E-state index in [9.17, 15) is 0 Å². The number of ether oxygens (including phenoxy) is 1. The molecule has 4 atom stereocenters. The molecule has 0 radical (unpaired) electrons. The van der Waals surface area contributed by atoms with Gasteiger partial charge in [-0.15, -0.1) is 0 Å². The molecule has 0 aromatic heterocycles. The van der Waals surface area contributed by atoms with Crippen LogP contribution >= 0.6 is 0 Å². The Balaban J connectivity index is 1.70.